The highest BCUT2D eigenvalue weighted by molar-refractivity contribution is 7.08. The van der Waals surface area contributed by atoms with Crippen molar-refractivity contribution in [1.82, 2.24) is 10.2 Å². The first-order valence-corrected chi connectivity index (χ1v) is 7.88. The van der Waals surface area contributed by atoms with E-state index in [0.29, 0.717) is 25.2 Å². The Morgan fingerprint density at radius 1 is 1.50 bits per heavy atom. The molecule has 1 saturated heterocycles. The molecule has 110 valence electrons. The van der Waals surface area contributed by atoms with Crippen molar-refractivity contribution < 1.29 is 9.59 Å². The molecule has 20 heavy (non-hydrogen) atoms. The molecule has 2 rings (SSSR count). The molecule has 1 aliphatic rings. The van der Waals surface area contributed by atoms with Crippen LogP contribution in [0.3, 0.4) is 0 Å². The summed E-state index contributed by atoms with van der Waals surface area (Å²) < 4.78 is 0. The molecule has 0 bridgehead atoms. The molecule has 0 aromatic carbocycles. The third-order valence-electron chi connectivity index (χ3n) is 3.70. The highest BCUT2D eigenvalue weighted by Gasteiger charge is 2.26. The van der Waals surface area contributed by atoms with Gasteiger partial charge < -0.3 is 16.0 Å². The number of nitrogens with two attached hydrogens (primary N) is 1. The van der Waals surface area contributed by atoms with Crippen LogP contribution in [0.5, 0.6) is 0 Å². The first-order chi connectivity index (χ1) is 9.61. The molecule has 3 N–H and O–H groups in total. The summed E-state index contributed by atoms with van der Waals surface area (Å²) in [5, 5.41) is 6.77. The average Bonchev–Trinajstić information content (AvgIpc) is 3.01. The molecule has 1 unspecified atom stereocenters. The van der Waals surface area contributed by atoms with Gasteiger partial charge >= 0.3 is 0 Å². The Bertz CT molecular complexity index is 453. The number of amides is 2. The SMILES string of the molecule is CC(CN)C(=O)N1CCC(NC(=O)c2ccsc2)CC1. The highest BCUT2D eigenvalue weighted by Crippen LogP contribution is 2.14. The zero-order valence-corrected chi connectivity index (χ0v) is 12.5. The van der Waals surface area contributed by atoms with Crippen molar-refractivity contribution in [2.24, 2.45) is 11.7 Å². The number of likely N-dealkylation sites (tertiary alicyclic amines) is 1. The van der Waals surface area contributed by atoms with E-state index in [9.17, 15) is 9.59 Å². The molecule has 6 heteroatoms. The number of rotatable bonds is 4. The van der Waals surface area contributed by atoms with Gasteiger partial charge in [-0.15, -0.1) is 0 Å². The Balaban J connectivity index is 1.80. The average molecular weight is 295 g/mol. The zero-order chi connectivity index (χ0) is 14.5. The predicted octanol–water partition coefficient (Wildman–Crippen LogP) is 1.06. The second kappa shape index (κ2) is 6.85. The van der Waals surface area contributed by atoms with Gasteiger partial charge in [0.25, 0.3) is 5.91 Å². The number of nitrogens with one attached hydrogen (secondary N) is 1. The van der Waals surface area contributed by atoms with Crippen molar-refractivity contribution in [3.05, 3.63) is 22.4 Å². The van der Waals surface area contributed by atoms with Crippen LogP contribution < -0.4 is 11.1 Å². The van der Waals surface area contributed by atoms with E-state index in [1.165, 1.54) is 11.3 Å². The lowest BCUT2D eigenvalue weighted by Gasteiger charge is -2.33. The second-order valence-corrected chi connectivity index (χ2v) is 6.00. The standard InChI is InChI=1S/C14H21N3O2S/c1-10(8-15)14(19)17-5-2-12(3-6-17)16-13(18)11-4-7-20-9-11/h4,7,9-10,12H,2-3,5-6,8,15H2,1H3,(H,16,18). The summed E-state index contributed by atoms with van der Waals surface area (Å²) in [7, 11) is 0. The number of carbonyl (C=O) groups excluding carboxylic acids is 2. The minimum Gasteiger partial charge on any atom is -0.349 e. The number of thiophene rings is 1. The van der Waals surface area contributed by atoms with E-state index in [4.69, 9.17) is 5.73 Å². The normalized spacial score (nSPS) is 17.8. The molecular formula is C14H21N3O2S. The molecule has 0 aliphatic carbocycles. The van der Waals surface area contributed by atoms with E-state index < -0.39 is 0 Å². The van der Waals surface area contributed by atoms with E-state index in [1.807, 2.05) is 28.7 Å². The van der Waals surface area contributed by atoms with Crippen molar-refractivity contribution in [3.63, 3.8) is 0 Å². The van der Waals surface area contributed by atoms with Crippen LogP contribution in [0, 0.1) is 5.92 Å². The van der Waals surface area contributed by atoms with Crippen LogP contribution in [0.25, 0.3) is 0 Å². The van der Waals surface area contributed by atoms with Crippen LogP contribution in [0.4, 0.5) is 0 Å². The molecule has 2 amide bonds. The van der Waals surface area contributed by atoms with Crippen LogP contribution in [0.2, 0.25) is 0 Å². The third kappa shape index (κ3) is 3.58. The fraction of sp³-hybridized carbons (Fsp3) is 0.571. The zero-order valence-electron chi connectivity index (χ0n) is 11.7. The fourth-order valence-corrected chi connectivity index (χ4v) is 2.96. The van der Waals surface area contributed by atoms with Crippen molar-refractivity contribution in [2.75, 3.05) is 19.6 Å². The molecule has 1 fully saturated rings. The fourth-order valence-electron chi connectivity index (χ4n) is 2.32. The summed E-state index contributed by atoms with van der Waals surface area (Å²) in [6, 6.07) is 1.97. The van der Waals surface area contributed by atoms with Crippen LogP contribution in [-0.2, 0) is 4.79 Å². The van der Waals surface area contributed by atoms with Crippen LogP contribution in [0.15, 0.2) is 16.8 Å². The van der Waals surface area contributed by atoms with Crippen LogP contribution in [-0.4, -0.2) is 42.4 Å². The Kier molecular flexibility index (Phi) is 5.14. The first kappa shape index (κ1) is 15.0. The van der Waals surface area contributed by atoms with Gasteiger partial charge in [0.1, 0.15) is 0 Å². The summed E-state index contributed by atoms with van der Waals surface area (Å²) in [6.07, 6.45) is 1.61. The molecule has 1 aliphatic heterocycles. The summed E-state index contributed by atoms with van der Waals surface area (Å²) in [5.74, 6) is -0.0200. The first-order valence-electron chi connectivity index (χ1n) is 6.93. The summed E-state index contributed by atoms with van der Waals surface area (Å²) >= 11 is 1.51. The molecule has 5 nitrogen and oxygen atoms in total. The minimum absolute atomic E-state index is 0.0219. The van der Waals surface area contributed by atoms with Crippen molar-refractivity contribution >= 4 is 23.2 Å². The monoisotopic (exact) mass is 295 g/mol. The van der Waals surface area contributed by atoms with Crippen molar-refractivity contribution in [2.45, 2.75) is 25.8 Å². The lowest BCUT2D eigenvalue weighted by atomic mass is 10.0. The van der Waals surface area contributed by atoms with Gasteiger partial charge in [-0.25, -0.2) is 0 Å². The molecule has 0 spiro atoms. The van der Waals surface area contributed by atoms with Crippen molar-refractivity contribution in [1.29, 1.82) is 0 Å². The summed E-state index contributed by atoms with van der Waals surface area (Å²) in [4.78, 5) is 25.8. The van der Waals surface area contributed by atoms with Gasteiger partial charge in [0.15, 0.2) is 0 Å². The number of hydrogen-bond donors (Lipinski definition) is 2. The number of carbonyl (C=O) groups is 2. The maximum atomic E-state index is 12.0. The van der Waals surface area contributed by atoms with E-state index in [-0.39, 0.29) is 23.8 Å². The van der Waals surface area contributed by atoms with E-state index in [1.54, 1.807) is 0 Å². The summed E-state index contributed by atoms with van der Waals surface area (Å²) in [5.41, 5.74) is 6.24. The van der Waals surface area contributed by atoms with Gasteiger partial charge in [0, 0.05) is 42.5 Å². The Morgan fingerprint density at radius 2 is 2.20 bits per heavy atom. The molecule has 1 aromatic heterocycles. The molecular weight excluding hydrogens is 274 g/mol. The molecule has 1 atom stereocenters. The number of nitrogens with zero attached hydrogens (tertiary/aromatic N) is 1. The van der Waals surface area contributed by atoms with Gasteiger partial charge in [0.05, 0.1) is 0 Å². The number of piperidine rings is 1. The van der Waals surface area contributed by atoms with Gasteiger partial charge in [-0.1, -0.05) is 6.92 Å². The lowest BCUT2D eigenvalue weighted by Crippen LogP contribution is -2.48. The van der Waals surface area contributed by atoms with Gasteiger partial charge in [-0.3, -0.25) is 9.59 Å². The number of hydrogen-bond acceptors (Lipinski definition) is 4. The summed E-state index contributed by atoms with van der Waals surface area (Å²) in [6.45, 7) is 3.62. The maximum absolute atomic E-state index is 12.0. The maximum Gasteiger partial charge on any atom is 0.252 e. The Labute approximate surface area is 123 Å². The quantitative estimate of drug-likeness (QED) is 0.872. The van der Waals surface area contributed by atoms with Gasteiger partial charge in [-0.2, -0.15) is 11.3 Å². The smallest absolute Gasteiger partial charge is 0.252 e. The molecule has 2 heterocycles. The lowest BCUT2D eigenvalue weighted by molar-refractivity contribution is -0.135. The second-order valence-electron chi connectivity index (χ2n) is 5.22. The van der Waals surface area contributed by atoms with Gasteiger partial charge in [0.2, 0.25) is 5.91 Å². The predicted molar refractivity (Wildman–Crippen MR) is 79.6 cm³/mol. The molecule has 0 radical (unpaired) electrons. The van der Waals surface area contributed by atoms with Crippen molar-refractivity contribution in [3.8, 4) is 0 Å². The Morgan fingerprint density at radius 3 is 2.75 bits per heavy atom. The third-order valence-corrected chi connectivity index (χ3v) is 4.38. The van der Waals surface area contributed by atoms with E-state index in [0.717, 1.165) is 12.8 Å². The highest BCUT2D eigenvalue weighted by atomic mass is 32.1. The molecule has 1 aromatic rings. The topological polar surface area (TPSA) is 75.4 Å². The van der Waals surface area contributed by atoms with E-state index in [2.05, 4.69) is 5.32 Å². The van der Waals surface area contributed by atoms with Gasteiger partial charge in [-0.05, 0) is 24.3 Å². The van der Waals surface area contributed by atoms with Crippen LogP contribution >= 0.6 is 11.3 Å². The largest absolute Gasteiger partial charge is 0.349 e. The molecule has 0 saturated carbocycles. The Hall–Kier alpha value is -1.40. The van der Waals surface area contributed by atoms with Crippen LogP contribution in [0.1, 0.15) is 30.1 Å². The minimum atomic E-state index is -0.119. The van der Waals surface area contributed by atoms with E-state index >= 15 is 0 Å².